The van der Waals surface area contributed by atoms with Crippen molar-refractivity contribution in [1.29, 1.82) is 0 Å². The number of sulfonamides is 1. The number of amides is 1. The normalized spacial score (nSPS) is 18.8. The van der Waals surface area contributed by atoms with Crippen LogP contribution in [-0.2, 0) is 21.2 Å². The summed E-state index contributed by atoms with van der Waals surface area (Å²) in [5.41, 5.74) is 0.604. The molecule has 1 atom stereocenters. The number of thiophene rings is 1. The van der Waals surface area contributed by atoms with Gasteiger partial charge < -0.3 is 5.32 Å². The molecule has 0 aliphatic carbocycles. The smallest absolute Gasteiger partial charge is 0.243 e. The Kier molecular flexibility index (Phi) is 5.56. The van der Waals surface area contributed by atoms with Gasteiger partial charge in [0.1, 0.15) is 0 Å². The summed E-state index contributed by atoms with van der Waals surface area (Å²) >= 11 is 1.54. The monoisotopic (exact) mass is 378 g/mol. The molecular weight excluding hydrogens is 356 g/mol. The van der Waals surface area contributed by atoms with Gasteiger partial charge in [-0.15, -0.1) is 11.3 Å². The number of carbonyl (C=O) groups excluding carboxylic acids is 1. The predicted molar refractivity (Wildman–Crippen MR) is 100 cm³/mol. The molecule has 0 bridgehead atoms. The number of hydrogen-bond acceptors (Lipinski definition) is 4. The van der Waals surface area contributed by atoms with Gasteiger partial charge in [0.2, 0.25) is 15.9 Å². The molecule has 7 heteroatoms. The third-order valence-corrected chi connectivity index (χ3v) is 7.07. The third kappa shape index (κ3) is 4.48. The van der Waals surface area contributed by atoms with Gasteiger partial charge in [-0.2, -0.15) is 4.31 Å². The second-order valence-corrected chi connectivity index (χ2v) is 9.41. The molecular formula is C18H22N2O3S2. The Labute approximate surface area is 152 Å². The Morgan fingerprint density at radius 2 is 2.04 bits per heavy atom. The lowest BCUT2D eigenvalue weighted by molar-refractivity contribution is -0.115. The van der Waals surface area contributed by atoms with Crippen LogP contribution in [0.2, 0.25) is 0 Å². The van der Waals surface area contributed by atoms with Crippen LogP contribution in [-0.4, -0.2) is 31.7 Å². The average Bonchev–Trinajstić information content (AvgIpc) is 3.08. The lowest BCUT2D eigenvalue weighted by atomic mass is 10.0. The minimum atomic E-state index is -3.46. The summed E-state index contributed by atoms with van der Waals surface area (Å²) < 4.78 is 27.0. The van der Waals surface area contributed by atoms with Gasteiger partial charge in [0.05, 0.1) is 11.3 Å². The standard InChI is InChI=1S/C18H22N2O3S2/c1-14-4-2-10-20(13-14)25(22,23)17-8-6-15(7-9-17)19-18(21)12-16-5-3-11-24-16/h3,5-9,11,14H,2,4,10,12-13H2,1H3,(H,19,21). The Morgan fingerprint density at radius 3 is 2.68 bits per heavy atom. The number of carbonyl (C=O) groups is 1. The van der Waals surface area contributed by atoms with Crippen LogP contribution in [0.3, 0.4) is 0 Å². The van der Waals surface area contributed by atoms with E-state index < -0.39 is 10.0 Å². The first-order valence-electron chi connectivity index (χ1n) is 8.37. The van der Waals surface area contributed by atoms with Gasteiger partial charge in [-0.25, -0.2) is 8.42 Å². The van der Waals surface area contributed by atoms with Gasteiger partial charge in [-0.1, -0.05) is 13.0 Å². The lowest BCUT2D eigenvalue weighted by Gasteiger charge is -2.30. The summed E-state index contributed by atoms with van der Waals surface area (Å²) in [6.45, 7) is 3.22. The fourth-order valence-corrected chi connectivity index (χ4v) is 5.30. The van der Waals surface area contributed by atoms with Crippen LogP contribution < -0.4 is 5.32 Å². The van der Waals surface area contributed by atoms with Gasteiger partial charge in [0.15, 0.2) is 0 Å². The van der Waals surface area contributed by atoms with Gasteiger partial charge in [-0.05, 0) is 54.5 Å². The molecule has 5 nitrogen and oxygen atoms in total. The molecule has 1 aliphatic heterocycles. The molecule has 1 N–H and O–H groups in total. The van der Waals surface area contributed by atoms with E-state index >= 15 is 0 Å². The van der Waals surface area contributed by atoms with E-state index in [1.165, 1.54) is 11.3 Å². The first-order valence-corrected chi connectivity index (χ1v) is 10.7. The number of benzene rings is 1. The lowest BCUT2D eigenvalue weighted by Crippen LogP contribution is -2.39. The van der Waals surface area contributed by atoms with Crippen molar-refractivity contribution < 1.29 is 13.2 Å². The van der Waals surface area contributed by atoms with Crippen molar-refractivity contribution in [1.82, 2.24) is 4.31 Å². The van der Waals surface area contributed by atoms with E-state index in [4.69, 9.17) is 0 Å². The molecule has 0 spiro atoms. The summed E-state index contributed by atoms with van der Waals surface area (Å²) in [5, 5.41) is 4.74. The number of hydrogen-bond donors (Lipinski definition) is 1. The minimum absolute atomic E-state index is 0.108. The molecule has 1 aliphatic rings. The van der Waals surface area contributed by atoms with Gasteiger partial charge in [0.25, 0.3) is 0 Å². The molecule has 1 aromatic carbocycles. The molecule has 0 saturated carbocycles. The average molecular weight is 379 g/mol. The van der Waals surface area contributed by atoms with Gasteiger partial charge in [-0.3, -0.25) is 4.79 Å². The van der Waals surface area contributed by atoms with Crippen molar-refractivity contribution in [2.45, 2.75) is 31.1 Å². The largest absolute Gasteiger partial charge is 0.326 e. The molecule has 1 aromatic heterocycles. The number of rotatable bonds is 5. The summed E-state index contributed by atoms with van der Waals surface area (Å²) in [4.78, 5) is 13.3. The van der Waals surface area contributed by atoms with Crippen molar-refractivity contribution in [2.24, 2.45) is 5.92 Å². The maximum absolute atomic E-state index is 12.7. The quantitative estimate of drug-likeness (QED) is 0.868. The van der Waals surface area contributed by atoms with E-state index in [1.54, 1.807) is 28.6 Å². The Hall–Kier alpha value is -1.70. The molecule has 2 aromatic rings. The van der Waals surface area contributed by atoms with E-state index in [-0.39, 0.29) is 10.8 Å². The molecule has 1 saturated heterocycles. The zero-order chi connectivity index (χ0) is 17.9. The molecule has 1 unspecified atom stereocenters. The molecule has 25 heavy (non-hydrogen) atoms. The molecule has 2 heterocycles. The van der Waals surface area contributed by atoms with E-state index in [0.717, 1.165) is 17.7 Å². The molecule has 3 rings (SSSR count). The minimum Gasteiger partial charge on any atom is -0.326 e. The summed E-state index contributed by atoms with van der Waals surface area (Å²) in [6, 6.07) is 10.2. The van der Waals surface area contributed by atoms with Crippen LogP contribution in [0.25, 0.3) is 0 Å². The second kappa shape index (κ2) is 7.68. The third-order valence-electron chi connectivity index (χ3n) is 4.31. The highest BCUT2D eigenvalue weighted by Crippen LogP contribution is 2.24. The van der Waals surface area contributed by atoms with Gasteiger partial charge >= 0.3 is 0 Å². The fraction of sp³-hybridized carbons (Fsp3) is 0.389. The number of anilines is 1. The zero-order valence-electron chi connectivity index (χ0n) is 14.1. The first kappa shape index (κ1) is 18.1. The highest BCUT2D eigenvalue weighted by molar-refractivity contribution is 7.89. The Balaban J connectivity index is 1.66. The molecule has 0 radical (unpaired) electrons. The first-order chi connectivity index (χ1) is 11.9. The predicted octanol–water partition coefficient (Wildman–Crippen LogP) is 3.35. The highest BCUT2D eigenvalue weighted by Gasteiger charge is 2.28. The van der Waals surface area contributed by atoms with Crippen molar-refractivity contribution >= 4 is 33.0 Å². The number of nitrogens with one attached hydrogen (secondary N) is 1. The SMILES string of the molecule is CC1CCCN(S(=O)(=O)c2ccc(NC(=O)Cc3cccs3)cc2)C1. The fourth-order valence-electron chi connectivity index (χ4n) is 3.00. The van der Waals surface area contributed by atoms with Crippen LogP contribution in [0.5, 0.6) is 0 Å². The number of nitrogens with zero attached hydrogens (tertiary/aromatic N) is 1. The molecule has 1 fully saturated rings. The van der Waals surface area contributed by atoms with E-state index in [0.29, 0.717) is 31.1 Å². The zero-order valence-corrected chi connectivity index (χ0v) is 15.8. The molecule has 1 amide bonds. The highest BCUT2D eigenvalue weighted by atomic mass is 32.2. The Bertz CT molecular complexity index is 815. The van der Waals surface area contributed by atoms with E-state index in [9.17, 15) is 13.2 Å². The van der Waals surface area contributed by atoms with Crippen LogP contribution in [0.15, 0.2) is 46.7 Å². The van der Waals surface area contributed by atoms with Crippen molar-refractivity contribution in [2.75, 3.05) is 18.4 Å². The summed E-state index contributed by atoms with van der Waals surface area (Å²) in [7, 11) is -3.46. The van der Waals surface area contributed by atoms with Crippen LogP contribution >= 0.6 is 11.3 Å². The second-order valence-electron chi connectivity index (χ2n) is 6.44. The van der Waals surface area contributed by atoms with Crippen LogP contribution in [0, 0.1) is 5.92 Å². The van der Waals surface area contributed by atoms with E-state index in [1.807, 2.05) is 17.5 Å². The maximum Gasteiger partial charge on any atom is 0.243 e. The molecule has 134 valence electrons. The number of piperidine rings is 1. The van der Waals surface area contributed by atoms with E-state index in [2.05, 4.69) is 12.2 Å². The topological polar surface area (TPSA) is 66.5 Å². The summed E-state index contributed by atoms with van der Waals surface area (Å²) in [6.07, 6.45) is 2.29. The Morgan fingerprint density at radius 1 is 1.28 bits per heavy atom. The van der Waals surface area contributed by atoms with Crippen LogP contribution in [0.4, 0.5) is 5.69 Å². The summed E-state index contributed by atoms with van der Waals surface area (Å²) in [5.74, 6) is 0.280. The maximum atomic E-state index is 12.7. The van der Waals surface area contributed by atoms with Crippen molar-refractivity contribution in [3.63, 3.8) is 0 Å². The van der Waals surface area contributed by atoms with Crippen molar-refractivity contribution in [3.8, 4) is 0 Å². The van der Waals surface area contributed by atoms with Crippen LogP contribution in [0.1, 0.15) is 24.6 Å². The van der Waals surface area contributed by atoms with Crippen molar-refractivity contribution in [3.05, 3.63) is 46.7 Å². The van der Waals surface area contributed by atoms with Gasteiger partial charge in [0, 0.05) is 23.7 Å².